The number of nitrogens with two attached hydrogens (primary N) is 1. The molecular formula is C20H26FN4O6P. The molecule has 1 aliphatic heterocycles. The zero-order chi connectivity index (χ0) is 23.1. The fourth-order valence-corrected chi connectivity index (χ4v) is 4.02. The van der Waals surface area contributed by atoms with Crippen LogP contribution in [0.25, 0.3) is 0 Å². The number of benzene rings is 1. The van der Waals surface area contributed by atoms with Crippen molar-refractivity contribution in [3.05, 3.63) is 53.1 Å². The third-order valence-electron chi connectivity index (χ3n) is 4.28. The maximum Gasteiger partial charge on any atom is 0.351 e. The van der Waals surface area contributed by atoms with Gasteiger partial charge in [-0.2, -0.15) is 4.98 Å². The van der Waals surface area contributed by atoms with Crippen molar-refractivity contribution < 1.29 is 27.7 Å². The second-order valence-corrected chi connectivity index (χ2v) is 8.54. The number of nitrogen functional groups attached to an aromatic ring is 1. The van der Waals surface area contributed by atoms with Crippen molar-refractivity contribution in [1.29, 1.82) is 0 Å². The van der Waals surface area contributed by atoms with Crippen LogP contribution in [0.2, 0.25) is 0 Å². The molecular weight excluding hydrogens is 442 g/mol. The van der Waals surface area contributed by atoms with Crippen LogP contribution in [0.15, 0.2) is 47.4 Å². The number of ether oxygens (including phenoxy) is 2. The quantitative estimate of drug-likeness (QED) is 0.399. The van der Waals surface area contributed by atoms with Gasteiger partial charge in [-0.25, -0.2) is 14.3 Å². The van der Waals surface area contributed by atoms with Crippen LogP contribution in [-0.2, 0) is 18.8 Å². The predicted molar refractivity (Wildman–Crippen MR) is 116 cm³/mol. The van der Waals surface area contributed by atoms with Crippen molar-refractivity contribution in [2.24, 2.45) is 0 Å². The lowest BCUT2D eigenvalue weighted by atomic mass is 10.2. The number of nitrogens with one attached hydrogen (secondary N) is 1. The van der Waals surface area contributed by atoms with E-state index < -0.39 is 38.7 Å². The van der Waals surface area contributed by atoms with Crippen molar-refractivity contribution in [3.63, 3.8) is 0 Å². The Morgan fingerprint density at radius 3 is 2.81 bits per heavy atom. The van der Waals surface area contributed by atoms with E-state index in [9.17, 15) is 14.0 Å². The van der Waals surface area contributed by atoms with E-state index in [1.54, 1.807) is 38.1 Å². The first-order valence-electron chi connectivity index (χ1n) is 10.0. The fourth-order valence-electron chi connectivity index (χ4n) is 2.94. The molecule has 32 heavy (non-hydrogen) atoms. The molecule has 1 saturated heterocycles. The number of nitrogens with zero attached hydrogens (tertiary/aromatic N) is 2. The lowest BCUT2D eigenvalue weighted by molar-refractivity contribution is -0.145. The average molecular weight is 468 g/mol. The van der Waals surface area contributed by atoms with Crippen LogP contribution in [0.1, 0.15) is 26.5 Å². The van der Waals surface area contributed by atoms with Crippen LogP contribution in [-0.4, -0.2) is 47.1 Å². The van der Waals surface area contributed by atoms with Gasteiger partial charge in [-0.05, 0) is 32.0 Å². The third kappa shape index (κ3) is 6.96. The van der Waals surface area contributed by atoms with Crippen molar-refractivity contribution in [1.82, 2.24) is 14.6 Å². The first kappa shape index (κ1) is 24.1. The van der Waals surface area contributed by atoms with E-state index in [0.717, 1.165) is 4.57 Å². The summed E-state index contributed by atoms with van der Waals surface area (Å²) in [5.74, 6) is 0.130. The number of anilines is 1. The van der Waals surface area contributed by atoms with E-state index >= 15 is 0 Å². The smallest absolute Gasteiger partial charge is 0.351 e. The Hall–Kier alpha value is -2.59. The molecule has 1 aromatic carbocycles. The Kier molecular flexibility index (Phi) is 8.52. The van der Waals surface area contributed by atoms with Gasteiger partial charge >= 0.3 is 20.2 Å². The number of esters is 1. The molecule has 1 fully saturated rings. The number of carbonyl (C=O) groups is 1. The summed E-state index contributed by atoms with van der Waals surface area (Å²) < 4.78 is 38.0. The summed E-state index contributed by atoms with van der Waals surface area (Å²) in [7, 11) is -1.75. The van der Waals surface area contributed by atoms with E-state index in [0.29, 0.717) is 5.75 Å². The SMILES string of the molecule is CC(C)OC(=O)CNP(OCC1CC(F)C(n2ccc(N)nc2=O)O1)Oc1ccccc1. The number of alkyl halides is 1. The molecule has 174 valence electrons. The maximum absolute atomic E-state index is 14.5. The Morgan fingerprint density at radius 2 is 2.12 bits per heavy atom. The van der Waals surface area contributed by atoms with Crippen LogP contribution in [0, 0.1) is 0 Å². The standard InChI is InChI=1S/C20H26FN4O6P/c1-13(2)29-18(26)11-23-32(31-14-6-4-3-5-7-14)28-12-15-10-16(21)19(30-15)25-9-8-17(22)24-20(25)27/h3-9,13,15-16,19,23H,10-12H2,1-2H3,(H2,22,24,27). The maximum atomic E-state index is 14.5. The van der Waals surface area contributed by atoms with Crippen LogP contribution in [0.5, 0.6) is 5.75 Å². The van der Waals surface area contributed by atoms with Crippen LogP contribution in [0.3, 0.4) is 0 Å². The molecule has 0 spiro atoms. The van der Waals surface area contributed by atoms with Crippen LogP contribution >= 0.6 is 8.53 Å². The largest absolute Gasteiger partial charge is 0.462 e. The van der Waals surface area contributed by atoms with Crippen molar-refractivity contribution in [2.45, 2.75) is 44.9 Å². The first-order chi connectivity index (χ1) is 15.3. The summed E-state index contributed by atoms with van der Waals surface area (Å²) in [4.78, 5) is 27.5. The summed E-state index contributed by atoms with van der Waals surface area (Å²) >= 11 is 0. The highest BCUT2D eigenvalue weighted by atomic mass is 31.2. The highest BCUT2D eigenvalue weighted by Crippen LogP contribution is 2.38. The summed E-state index contributed by atoms with van der Waals surface area (Å²) in [6, 6.07) is 10.3. The summed E-state index contributed by atoms with van der Waals surface area (Å²) in [6.45, 7) is 3.36. The van der Waals surface area contributed by atoms with Crippen molar-refractivity contribution >= 4 is 20.3 Å². The van der Waals surface area contributed by atoms with E-state index in [4.69, 9.17) is 24.3 Å². The highest BCUT2D eigenvalue weighted by molar-refractivity contribution is 7.45. The van der Waals surface area contributed by atoms with Gasteiger partial charge in [-0.1, -0.05) is 18.2 Å². The molecule has 2 aromatic rings. The lowest BCUT2D eigenvalue weighted by Crippen LogP contribution is -2.30. The third-order valence-corrected chi connectivity index (χ3v) is 5.46. The van der Waals surface area contributed by atoms with Crippen molar-refractivity contribution in [3.8, 4) is 5.75 Å². The van der Waals surface area contributed by atoms with Gasteiger partial charge in [0.1, 0.15) is 24.3 Å². The zero-order valence-electron chi connectivity index (χ0n) is 17.7. The monoisotopic (exact) mass is 468 g/mol. The molecule has 0 aliphatic carbocycles. The number of hydrogen-bond donors (Lipinski definition) is 2. The average Bonchev–Trinajstić information content (AvgIpc) is 3.10. The molecule has 1 aliphatic rings. The summed E-state index contributed by atoms with van der Waals surface area (Å²) in [6.07, 6.45) is -2.07. The van der Waals surface area contributed by atoms with Gasteiger partial charge in [-0.3, -0.25) is 9.36 Å². The van der Waals surface area contributed by atoms with Gasteiger partial charge in [-0.15, -0.1) is 0 Å². The molecule has 1 aromatic heterocycles. The second-order valence-electron chi connectivity index (χ2n) is 7.27. The van der Waals surface area contributed by atoms with Gasteiger partial charge in [0.15, 0.2) is 6.23 Å². The molecule has 0 saturated carbocycles. The molecule has 0 radical (unpaired) electrons. The predicted octanol–water partition coefficient (Wildman–Crippen LogP) is 2.31. The van der Waals surface area contributed by atoms with Gasteiger partial charge in [0, 0.05) is 12.6 Å². The van der Waals surface area contributed by atoms with Crippen molar-refractivity contribution in [2.75, 3.05) is 18.9 Å². The van der Waals surface area contributed by atoms with E-state index in [1.807, 2.05) is 6.07 Å². The highest BCUT2D eigenvalue weighted by Gasteiger charge is 2.38. The molecule has 0 bridgehead atoms. The van der Waals surface area contributed by atoms with E-state index in [-0.39, 0.29) is 31.5 Å². The normalized spacial score (nSPS) is 21.4. The molecule has 0 amide bonds. The Bertz CT molecular complexity index is 947. The van der Waals surface area contributed by atoms with Gasteiger partial charge in [0.25, 0.3) is 0 Å². The lowest BCUT2D eigenvalue weighted by Gasteiger charge is -2.21. The van der Waals surface area contributed by atoms with Crippen LogP contribution in [0.4, 0.5) is 10.2 Å². The molecule has 10 nitrogen and oxygen atoms in total. The molecule has 2 heterocycles. The Morgan fingerprint density at radius 1 is 1.38 bits per heavy atom. The van der Waals surface area contributed by atoms with Gasteiger partial charge in [0.2, 0.25) is 0 Å². The number of halogens is 1. The number of rotatable bonds is 10. The molecule has 3 rings (SSSR count). The number of aromatic nitrogens is 2. The minimum Gasteiger partial charge on any atom is -0.462 e. The summed E-state index contributed by atoms with van der Waals surface area (Å²) in [5, 5.41) is 2.88. The fraction of sp³-hybridized carbons (Fsp3) is 0.450. The molecule has 12 heteroatoms. The molecule has 4 atom stereocenters. The Labute approximate surface area is 185 Å². The Balaban J connectivity index is 1.59. The minimum atomic E-state index is -1.75. The van der Waals surface area contributed by atoms with Crippen LogP contribution < -0.4 is 21.0 Å². The molecule has 4 unspecified atom stereocenters. The number of carbonyl (C=O) groups excluding carboxylic acids is 1. The van der Waals surface area contributed by atoms with E-state index in [1.165, 1.54) is 12.3 Å². The second kappa shape index (κ2) is 11.3. The first-order valence-corrected chi connectivity index (χ1v) is 11.2. The molecule has 3 N–H and O–H groups in total. The summed E-state index contributed by atoms with van der Waals surface area (Å²) in [5.41, 5.74) is 4.78. The topological polar surface area (TPSA) is 127 Å². The number of hydrogen-bond acceptors (Lipinski definition) is 9. The van der Waals surface area contributed by atoms with Gasteiger partial charge < -0.3 is 24.3 Å². The number of para-hydroxylation sites is 1. The van der Waals surface area contributed by atoms with Gasteiger partial charge in [0.05, 0.1) is 18.8 Å². The van der Waals surface area contributed by atoms with E-state index in [2.05, 4.69) is 10.1 Å². The zero-order valence-corrected chi connectivity index (χ0v) is 18.6. The minimum absolute atomic E-state index is 0.0150.